The molecule has 1 unspecified atom stereocenters. The van der Waals surface area contributed by atoms with Crippen LogP contribution < -0.4 is 14.2 Å². The standard InChI is InChI=1S/C23H11F10O3S.CHF3O3S.2F2/c24-11-12-34-15-2-6-17(7-3-15)37(18-8-4-16(5-9-18)35-22(28,29)30)20-10-1-14(21(25,26)27)13-19(20)36-23(31,32)33;2-1(3,4)8(5,6)7;2*1-2/h1-10,13H;(H,5,6,7);;/q+1;;;/p-1. The van der Waals surface area contributed by atoms with Gasteiger partial charge in [-0.05, 0) is 66.7 Å². The fourth-order valence-corrected chi connectivity index (χ4v) is 5.05. The van der Waals surface area contributed by atoms with E-state index in [2.05, 4.69) is 9.47 Å². The molecular weight excluding hydrogens is 771 g/mol. The summed E-state index contributed by atoms with van der Waals surface area (Å²) in [5.41, 5.74) is -7.06. The van der Waals surface area contributed by atoms with Crippen LogP contribution in [-0.4, -0.2) is 31.2 Å². The minimum atomic E-state index is -6.09. The van der Waals surface area contributed by atoms with Crippen LogP contribution in [0.1, 0.15) is 5.56 Å². The average Bonchev–Trinajstić information content (AvgIpc) is 2.98. The molecule has 0 aliphatic carbocycles. The van der Waals surface area contributed by atoms with Crippen molar-refractivity contribution in [2.75, 3.05) is 0 Å². The van der Waals surface area contributed by atoms with E-state index in [0.29, 0.717) is 6.07 Å². The van der Waals surface area contributed by atoms with Crippen molar-refractivity contribution in [3.05, 3.63) is 72.3 Å². The van der Waals surface area contributed by atoms with Crippen molar-refractivity contribution in [3.8, 4) is 29.5 Å². The minimum Gasteiger partial charge on any atom is -0.741 e. The third kappa shape index (κ3) is 15.6. The number of benzene rings is 3. The molecule has 25 heteroatoms. The first-order valence-corrected chi connectivity index (χ1v) is 13.8. The number of hydrogen-bond donors (Lipinski definition) is 0. The average molecular weight is 782 g/mol. The lowest BCUT2D eigenvalue weighted by Gasteiger charge is -2.16. The third-order valence-corrected chi connectivity index (χ3v) is 7.39. The maximum Gasteiger partial charge on any atom is 0.573 e. The van der Waals surface area contributed by atoms with E-state index in [9.17, 15) is 57.1 Å². The number of halogens is 17. The first-order chi connectivity index (χ1) is 22.4. The van der Waals surface area contributed by atoms with Crippen molar-refractivity contribution >= 4 is 21.0 Å². The van der Waals surface area contributed by atoms with E-state index in [-0.39, 0.29) is 26.5 Å². The third-order valence-electron chi connectivity index (χ3n) is 4.56. The molecule has 1 atom stereocenters. The van der Waals surface area contributed by atoms with Crippen LogP contribution >= 0.6 is 0 Å². The molecule has 0 radical (unpaired) electrons. The molecular formula is C24H11F17O6S2. The molecule has 6 nitrogen and oxygen atoms in total. The van der Waals surface area contributed by atoms with Gasteiger partial charge in [-0.25, -0.2) is 8.42 Å². The number of ether oxygens (including phenoxy) is 3. The molecule has 274 valence electrons. The fraction of sp³-hybridized carbons (Fsp3) is 0.167. The fourth-order valence-electron chi connectivity index (χ4n) is 2.95. The van der Waals surface area contributed by atoms with Gasteiger partial charge >= 0.3 is 24.4 Å². The van der Waals surface area contributed by atoms with Gasteiger partial charge in [-0.15, -0.1) is 30.7 Å². The molecule has 0 spiro atoms. The molecule has 3 aromatic rings. The van der Waals surface area contributed by atoms with Crippen molar-refractivity contribution < 1.29 is 103 Å². The van der Waals surface area contributed by atoms with Crippen LogP contribution in [0, 0.1) is 12.3 Å². The highest BCUT2D eigenvalue weighted by molar-refractivity contribution is 7.97. The van der Waals surface area contributed by atoms with Gasteiger partial charge in [0, 0.05) is 18.3 Å². The van der Waals surface area contributed by atoms with E-state index < -0.39 is 62.5 Å². The second kappa shape index (κ2) is 18.5. The zero-order valence-corrected chi connectivity index (χ0v) is 24.2. The lowest BCUT2D eigenvalue weighted by atomic mass is 10.2. The Kier molecular flexibility index (Phi) is 16.8. The smallest absolute Gasteiger partial charge is 0.573 e. The van der Waals surface area contributed by atoms with E-state index in [0.717, 1.165) is 36.5 Å². The molecule has 3 rings (SSSR count). The Labute approximate surface area is 264 Å². The van der Waals surface area contributed by atoms with Gasteiger partial charge in [-0.2, -0.15) is 26.3 Å². The monoisotopic (exact) mass is 782 g/mol. The highest BCUT2D eigenvalue weighted by Crippen LogP contribution is 2.42. The Balaban J connectivity index is 0.00000166. The number of hydrogen-bond acceptors (Lipinski definition) is 6. The topological polar surface area (TPSA) is 84.9 Å². The molecule has 0 amide bonds. The van der Waals surface area contributed by atoms with E-state index in [4.69, 9.17) is 36.0 Å². The molecule has 0 aliphatic rings. The number of alkyl halides is 12. The van der Waals surface area contributed by atoms with Gasteiger partial charge in [0.2, 0.25) is 4.90 Å². The van der Waals surface area contributed by atoms with Crippen LogP contribution in [0.5, 0.6) is 17.2 Å². The second-order valence-corrected chi connectivity index (χ2v) is 11.1. The largest absolute Gasteiger partial charge is 0.741 e. The Hall–Kier alpha value is -4.31. The van der Waals surface area contributed by atoms with Crippen molar-refractivity contribution in [2.45, 2.75) is 39.1 Å². The van der Waals surface area contributed by atoms with E-state index in [1.54, 1.807) is 6.11 Å². The minimum absolute atomic E-state index is 0.0329. The Morgan fingerprint density at radius 2 is 1.04 bits per heavy atom. The molecule has 0 heterocycles. The van der Waals surface area contributed by atoms with E-state index >= 15 is 0 Å². The lowest BCUT2D eigenvalue weighted by molar-refractivity contribution is -0.276. The summed E-state index contributed by atoms with van der Waals surface area (Å²) in [4.78, 5) is -0.0395. The first kappa shape index (κ1) is 44.7. The van der Waals surface area contributed by atoms with Crippen LogP contribution in [0.3, 0.4) is 0 Å². The highest BCUT2D eigenvalue weighted by Gasteiger charge is 2.41. The van der Waals surface area contributed by atoms with Gasteiger partial charge in [0.15, 0.2) is 31.8 Å². The summed E-state index contributed by atoms with van der Waals surface area (Å²) in [5.74, 6) is -1.76. The van der Waals surface area contributed by atoms with Gasteiger partial charge in [0.1, 0.15) is 28.6 Å². The lowest BCUT2D eigenvalue weighted by Crippen LogP contribution is -2.21. The second-order valence-electron chi connectivity index (χ2n) is 7.70. The molecule has 0 aromatic heterocycles. The number of rotatable bonds is 6. The summed E-state index contributed by atoms with van der Waals surface area (Å²) in [7, 11) is -7.73. The van der Waals surface area contributed by atoms with Crippen molar-refractivity contribution in [2.24, 2.45) is 0 Å². The van der Waals surface area contributed by atoms with Gasteiger partial charge < -0.3 is 18.8 Å². The van der Waals surface area contributed by atoms with Gasteiger partial charge in [0.25, 0.3) is 0 Å². The maximum absolute atomic E-state index is 13.2. The van der Waals surface area contributed by atoms with Crippen molar-refractivity contribution in [1.82, 2.24) is 0 Å². The molecule has 0 fully saturated rings. The van der Waals surface area contributed by atoms with Crippen molar-refractivity contribution in [3.63, 3.8) is 0 Å². The van der Waals surface area contributed by atoms with E-state index in [1.807, 2.05) is 0 Å². The SMILES string of the molecule is FC#COc1ccc([S+](c2ccc(OC(F)(F)F)cc2)c2ccc(C(F)(F)F)cc2OC(F)(F)F)cc1.FF.FF.O=S(=O)([O-])C(F)(F)F. The van der Waals surface area contributed by atoms with Gasteiger partial charge in [-0.1, -0.05) is 0 Å². The van der Waals surface area contributed by atoms with Crippen LogP contribution in [-0.2, 0) is 27.2 Å². The Bertz CT molecular complexity index is 1610. The predicted molar refractivity (Wildman–Crippen MR) is 130 cm³/mol. The molecule has 0 bridgehead atoms. The Morgan fingerprint density at radius 1 is 0.633 bits per heavy atom. The maximum atomic E-state index is 13.2. The molecule has 0 saturated heterocycles. The molecule has 0 aliphatic heterocycles. The van der Waals surface area contributed by atoms with Crippen LogP contribution in [0.4, 0.5) is 75.4 Å². The normalized spacial score (nSPS) is 12.2. The molecule has 49 heavy (non-hydrogen) atoms. The molecule has 0 saturated carbocycles. The summed E-state index contributed by atoms with van der Waals surface area (Å²) >= 11 is 0. The molecule has 3 aromatic carbocycles. The predicted octanol–water partition coefficient (Wildman–Crippen LogP) is 9.60. The zero-order chi connectivity index (χ0) is 38.4. The highest BCUT2D eigenvalue weighted by atomic mass is 32.2. The Morgan fingerprint density at radius 3 is 1.39 bits per heavy atom. The van der Waals surface area contributed by atoms with Crippen LogP contribution in [0.25, 0.3) is 0 Å². The summed E-state index contributed by atoms with van der Waals surface area (Å²) < 4.78 is 232. The quantitative estimate of drug-likeness (QED) is 0.0815. The summed E-state index contributed by atoms with van der Waals surface area (Å²) in [6.45, 7) is 0. The van der Waals surface area contributed by atoms with E-state index in [1.165, 1.54) is 24.3 Å². The summed E-state index contributed by atoms with van der Waals surface area (Å²) in [6.07, 6.45) is -12.7. The first-order valence-electron chi connectivity index (χ1n) is 11.2. The zero-order valence-electron chi connectivity index (χ0n) is 22.5. The van der Waals surface area contributed by atoms with Gasteiger partial charge in [0.05, 0.1) is 5.56 Å². The van der Waals surface area contributed by atoms with Crippen LogP contribution in [0.15, 0.2) is 81.4 Å². The van der Waals surface area contributed by atoms with Crippen molar-refractivity contribution in [1.29, 1.82) is 0 Å². The molecule has 0 N–H and O–H groups in total. The van der Waals surface area contributed by atoms with Crippen LogP contribution in [0.2, 0.25) is 0 Å². The van der Waals surface area contributed by atoms with Gasteiger partial charge in [-0.3, -0.25) is 0 Å². The summed E-state index contributed by atoms with van der Waals surface area (Å²) in [6, 6.07) is 10.7. The summed E-state index contributed by atoms with van der Waals surface area (Å²) in [5, 5.41) is 0.